The lowest BCUT2D eigenvalue weighted by Crippen LogP contribution is -2.44. The van der Waals surface area contributed by atoms with E-state index in [1.54, 1.807) is 0 Å². The van der Waals surface area contributed by atoms with Gasteiger partial charge in [-0.25, -0.2) is 4.98 Å². The molecule has 0 amide bonds. The smallest absolute Gasteiger partial charge is 0.123 e. The Labute approximate surface area is 126 Å². The number of fused-ring (bicyclic) bond motifs is 1. The fourth-order valence-corrected chi connectivity index (χ4v) is 2.99. The number of nitrogens with one attached hydrogen (secondary N) is 1. The van der Waals surface area contributed by atoms with Gasteiger partial charge in [-0.3, -0.25) is 0 Å². The van der Waals surface area contributed by atoms with Gasteiger partial charge >= 0.3 is 0 Å². The van der Waals surface area contributed by atoms with Crippen molar-refractivity contribution in [2.75, 3.05) is 44.7 Å². The Hall–Kier alpha value is -1.59. The van der Waals surface area contributed by atoms with E-state index in [9.17, 15) is 0 Å². The Balaban J connectivity index is 1.97. The standard InChI is InChI=1S/C16H25N5/c1-4-17-12-15-18-13-6-5-7-14(16(13)20(15)3)21-10-8-19(2)9-11-21/h5-7,17H,4,8-12H2,1-3H3. The largest absolute Gasteiger partial charge is 0.367 e. The molecule has 21 heavy (non-hydrogen) atoms. The van der Waals surface area contributed by atoms with E-state index in [0.29, 0.717) is 0 Å². The molecule has 2 aromatic rings. The molecule has 1 N–H and O–H groups in total. The number of hydrogen-bond donors (Lipinski definition) is 1. The Kier molecular flexibility index (Phi) is 4.12. The molecule has 3 rings (SSSR count). The van der Waals surface area contributed by atoms with Crippen molar-refractivity contribution in [3.63, 3.8) is 0 Å². The van der Waals surface area contributed by atoms with Gasteiger partial charge in [0.15, 0.2) is 0 Å². The van der Waals surface area contributed by atoms with Crippen LogP contribution >= 0.6 is 0 Å². The number of benzene rings is 1. The zero-order valence-electron chi connectivity index (χ0n) is 13.3. The molecule has 0 atom stereocenters. The lowest BCUT2D eigenvalue weighted by Gasteiger charge is -2.34. The quantitative estimate of drug-likeness (QED) is 0.923. The fraction of sp³-hybridized carbons (Fsp3) is 0.562. The average Bonchev–Trinajstić information content (AvgIpc) is 2.82. The van der Waals surface area contributed by atoms with Gasteiger partial charge in [0.1, 0.15) is 5.82 Å². The molecule has 0 aliphatic carbocycles. The van der Waals surface area contributed by atoms with E-state index in [1.165, 1.54) is 11.2 Å². The van der Waals surface area contributed by atoms with E-state index in [-0.39, 0.29) is 0 Å². The lowest BCUT2D eigenvalue weighted by molar-refractivity contribution is 0.313. The highest BCUT2D eigenvalue weighted by molar-refractivity contribution is 5.89. The third-order valence-electron chi connectivity index (χ3n) is 4.34. The minimum Gasteiger partial charge on any atom is -0.367 e. The van der Waals surface area contributed by atoms with E-state index in [2.05, 4.69) is 58.9 Å². The van der Waals surface area contributed by atoms with E-state index >= 15 is 0 Å². The maximum absolute atomic E-state index is 4.78. The Bertz CT molecular complexity index is 610. The topological polar surface area (TPSA) is 36.3 Å². The molecule has 5 nitrogen and oxygen atoms in total. The summed E-state index contributed by atoms with van der Waals surface area (Å²) >= 11 is 0. The van der Waals surface area contributed by atoms with Crippen LogP contribution in [0.4, 0.5) is 5.69 Å². The normalized spacial score (nSPS) is 16.8. The predicted molar refractivity (Wildman–Crippen MR) is 87.8 cm³/mol. The van der Waals surface area contributed by atoms with Crippen LogP contribution in [0.5, 0.6) is 0 Å². The molecular weight excluding hydrogens is 262 g/mol. The summed E-state index contributed by atoms with van der Waals surface area (Å²) < 4.78 is 2.24. The molecule has 0 spiro atoms. The summed E-state index contributed by atoms with van der Waals surface area (Å²) in [5.74, 6) is 1.11. The fourth-order valence-electron chi connectivity index (χ4n) is 2.99. The van der Waals surface area contributed by atoms with Crippen molar-refractivity contribution >= 4 is 16.7 Å². The first-order valence-corrected chi connectivity index (χ1v) is 7.79. The van der Waals surface area contributed by atoms with Crippen molar-refractivity contribution in [3.8, 4) is 0 Å². The van der Waals surface area contributed by atoms with Crippen molar-refractivity contribution in [1.29, 1.82) is 0 Å². The van der Waals surface area contributed by atoms with Crippen molar-refractivity contribution < 1.29 is 0 Å². The molecule has 0 unspecified atom stereocenters. The molecule has 1 saturated heterocycles. The van der Waals surface area contributed by atoms with Gasteiger partial charge in [0.2, 0.25) is 0 Å². The minimum absolute atomic E-state index is 0.823. The first-order valence-electron chi connectivity index (χ1n) is 7.79. The number of aryl methyl sites for hydroxylation is 1. The lowest BCUT2D eigenvalue weighted by atomic mass is 10.2. The summed E-state index contributed by atoms with van der Waals surface area (Å²) in [6.45, 7) is 8.33. The SMILES string of the molecule is CCNCc1nc2cccc(N3CCN(C)CC3)c2n1C. The second-order valence-corrected chi connectivity index (χ2v) is 5.80. The molecule has 5 heteroatoms. The van der Waals surface area contributed by atoms with Crippen LogP contribution in [-0.4, -0.2) is 54.2 Å². The predicted octanol–water partition coefficient (Wildman–Crippen LogP) is 1.43. The molecule has 1 aliphatic heterocycles. The van der Waals surface area contributed by atoms with Crippen LogP contribution in [0.2, 0.25) is 0 Å². The number of hydrogen-bond acceptors (Lipinski definition) is 4. The van der Waals surface area contributed by atoms with Gasteiger partial charge in [-0.1, -0.05) is 13.0 Å². The highest BCUT2D eigenvalue weighted by Crippen LogP contribution is 2.28. The van der Waals surface area contributed by atoms with Crippen molar-refractivity contribution in [2.24, 2.45) is 7.05 Å². The number of likely N-dealkylation sites (N-methyl/N-ethyl adjacent to an activating group) is 1. The Morgan fingerprint density at radius 1 is 1.14 bits per heavy atom. The second kappa shape index (κ2) is 6.03. The van der Waals surface area contributed by atoms with Gasteiger partial charge in [0.05, 0.1) is 23.3 Å². The number of imidazole rings is 1. The van der Waals surface area contributed by atoms with E-state index < -0.39 is 0 Å². The summed E-state index contributed by atoms with van der Waals surface area (Å²) in [7, 11) is 4.32. The van der Waals surface area contributed by atoms with Crippen LogP contribution in [0.25, 0.3) is 11.0 Å². The third-order valence-corrected chi connectivity index (χ3v) is 4.34. The van der Waals surface area contributed by atoms with Gasteiger partial charge in [0.25, 0.3) is 0 Å². The van der Waals surface area contributed by atoms with E-state index in [0.717, 1.165) is 50.6 Å². The number of anilines is 1. The first kappa shape index (κ1) is 14.4. The highest BCUT2D eigenvalue weighted by Gasteiger charge is 2.19. The molecule has 0 saturated carbocycles. The second-order valence-electron chi connectivity index (χ2n) is 5.80. The average molecular weight is 287 g/mol. The van der Waals surface area contributed by atoms with Gasteiger partial charge in [-0.05, 0) is 25.7 Å². The highest BCUT2D eigenvalue weighted by atomic mass is 15.3. The zero-order chi connectivity index (χ0) is 14.8. The molecule has 0 bridgehead atoms. The summed E-state index contributed by atoms with van der Waals surface area (Å²) in [5.41, 5.74) is 3.68. The minimum atomic E-state index is 0.823. The maximum Gasteiger partial charge on any atom is 0.123 e. The molecule has 1 fully saturated rings. The third kappa shape index (κ3) is 2.76. The first-order chi connectivity index (χ1) is 10.2. The maximum atomic E-state index is 4.78. The van der Waals surface area contributed by atoms with Crippen molar-refractivity contribution in [1.82, 2.24) is 19.8 Å². The summed E-state index contributed by atoms with van der Waals surface area (Å²) in [5, 5.41) is 3.37. The zero-order valence-corrected chi connectivity index (χ0v) is 13.3. The van der Waals surface area contributed by atoms with Gasteiger partial charge in [0, 0.05) is 33.2 Å². The molecular formula is C16H25N5. The number of nitrogens with zero attached hydrogens (tertiary/aromatic N) is 4. The molecule has 1 aliphatic rings. The van der Waals surface area contributed by atoms with E-state index in [4.69, 9.17) is 4.98 Å². The van der Waals surface area contributed by atoms with Crippen molar-refractivity contribution in [2.45, 2.75) is 13.5 Å². The number of aromatic nitrogens is 2. The van der Waals surface area contributed by atoms with Crippen LogP contribution < -0.4 is 10.2 Å². The summed E-state index contributed by atoms with van der Waals surface area (Å²) in [6.07, 6.45) is 0. The Morgan fingerprint density at radius 3 is 2.62 bits per heavy atom. The molecule has 2 heterocycles. The molecule has 1 aromatic heterocycles. The van der Waals surface area contributed by atoms with Crippen LogP contribution in [0.3, 0.4) is 0 Å². The number of rotatable bonds is 4. The molecule has 0 radical (unpaired) electrons. The summed E-state index contributed by atoms with van der Waals surface area (Å²) in [4.78, 5) is 9.66. The van der Waals surface area contributed by atoms with Crippen LogP contribution in [0.1, 0.15) is 12.7 Å². The van der Waals surface area contributed by atoms with Gasteiger partial charge < -0.3 is 19.7 Å². The van der Waals surface area contributed by atoms with E-state index in [1.807, 2.05) is 0 Å². The number of para-hydroxylation sites is 1. The molecule has 1 aromatic carbocycles. The monoisotopic (exact) mass is 287 g/mol. The van der Waals surface area contributed by atoms with Gasteiger partial charge in [-0.15, -0.1) is 0 Å². The number of piperazine rings is 1. The van der Waals surface area contributed by atoms with Crippen LogP contribution in [-0.2, 0) is 13.6 Å². The Morgan fingerprint density at radius 2 is 1.90 bits per heavy atom. The van der Waals surface area contributed by atoms with Crippen molar-refractivity contribution in [3.05, 3.63) is 24.0 Å². The van der Waals surface area contributed by atoms with Gasteiger partial charge in [-0.2, -0.15) is 0 Å². The van der Waals surface area contributed by atoms with Crippen LogP contribution in [0.15, 0.2) is 18.2 Å². The summed E-state index contributed by atoms with van der Waals surface area (Å²) in [6, 6.07) is 6.47. The molecule has 114 valence electrons. The van der Waals surface area contributed by atoms with Crippen LogP contribution in [0, 0.1) is 0 Å².